The van der Waals surface area contributed by atoms with Gasteiger partial charge in [0.15, 0.2) is 5.15 Å². The number of carbonyl (C=O) groups excluding carboxylic acids is 1. The summed E-state index contributed by atoms with van der Waals surface area (Å²) >= 11 is 5.76. The Morgan fingerprint density at radius 2 is 2.04 bits per heavy atom. The molecule has 0 bridgehead atoms. The fourth-order valence-corrected chi connectivity index (χ4v) is 3.77. The Morgan fingerprint density at radius 1 is 1.19 bits per heavy atom. The van der Waals surface area contributed by atoms with Gasteiger partial charge in [0.05, 0.1) is 12.1 Å². The van der Waals surface area contributed by atoms with Crippen molar-refractivity contribution >= 4 is 17.5 Å². The zero-order valence-corrected chi connectivity index (χ0v) is 15.3. The quantitative estimate of drug-likeness (QED) is 0.801. The summed E-state index contributed by atoms with van der Waals surface area (Å²) in [6, 6.07) is 8.89. The summed E-state index contributed by atoms with van der Waals surface area (Å²) in [5, 5.41) is 8.34. The van der Waals surface area contributed by atoms with Crippen molar-refractivity contribution in [1.82, 2.24) is 15.1 Å². The maximum absolute atomic E-state index is 14.2. The summed E-state index contributed by atoms with van der Waals surface area (Å²) in [7, 11) is 0. The maximum atomic E-state index is 14.2. The van der Waals surface area contributed by atoms with Crippen LogP contribution in [0.3, 0.4) is 0 Å². The van der Waals surface area contributed by atoms with Crippen molar-refractivity contribution in [3.63, 3.8) is 0 Å². The Balaban J connectivity index is 1.32. The molecule has 1 saturated carbocycles. The first-order valence-corrected chi connectivity index (χ1v) is 9.50. The SMILES string of the molecule is O=C(Cc1ccc(C2CC2)c(F)c1)N1CCC(Cc2ccc(Cl)nn2)C1. The van der Waals surface area contributed by atoms with Crippen molar-refractivity contribution in [2.45, 2.75) is 38.0 Å². The number of carbonyl (C=O) groups is 1. The second-order valence-electron chi connectivity index (χ2n) is 7.35. The molecule has 136 valence electrons. The second kappa shape index (κ2) is 7.31. The standard InChI is InChI=1S/C20H21ClFN3O/c21-19-6-4-16(23-24-19)9-14-7-8-25(12-14)20(26)11-13-1-5-17(15-2-3-15)18(22)10-13/h1,4-6,10,14-15H,2-3,7-9,11-12H2. The highest BCUT2D eigenvalue weighted by Crippen LogP contribution is 2.41. The molecule has 6 heteroatoms. The molecule has 2 fully saturated rings. The minimum absolute atomic E-state index is 0.0632. The Bertz CT molecular complexity index is 807. The van der Waals surface area contributed by atoms with Crippen molar-refractivity contribution < 1.29 is 9.18 Å². The lowest BCUT2D eigenvalue weighted by Gasteiger charge is -2.17. The van der Waals surface area contributed by atoms with Gasteiger partial charge in [-0.1, -0.05) is 23.7 Å². The van der Waals surface area contributed by atoms with Gasteiger partial charge >= 0.3 is 0 Å². The van der Waals surface area contributed by atoms with Crippen molar-refractivity contribution in [3.05, 3.63) is 58.1 Å². The van der Waals surface area contributed by atoms with Gasteiger partial charge in [-0.2, -0.15) is 5.10 Å². The van der Waals surface area contributed by atoms with Crippen molar-refractivity contribution in [2.24, 2.45) is 5.92 Å². The monoisotopic (exact) mass is 373 g/mol. The summed E-state index contributed by atoms with van der Waals surface area (Å²) in [6.45, 7) is 1.46. The van der Waals surface area contributed by atoms with Crippen molar-refractivity contribution in [3.8, 4) is 0 Å². The van der Waals surface area contributed by atoms with Crippen LogP contribution in [0.15, 0.2) is 30.3 Å². The van der Waals surface area contributed by atoms with Gasteiger partial charge < -0.3 is 4.90 Å². The molecule has 1 aliphatic carbocycles. The minimum Gasteiger partial charge on any atom is -0.342 e. The molecule has 4 nitrogen and oxygen atoms in total. The van der Waals surface area contributed by atoms with Gasteiger partial charge in [0.2, 0.25) is 5.91 Å². The van der Waals surface area contributed by atoms with E-state index in [0.717, 1.165) is 49.0 Å². The molecule has 1 aromatic carbocycles. The van der Waals surface area contributed by atoms with E-state index in [-0.39, 0.29) is 18.1 Å². The third-order valence-electron chi connectivity index (χ3n) is 5.26. The first-order chi connectivity index (χ1) is 12.6. The molecule has 1 aliphatic heterocycles. The van der Waals surface area contributed by atoms with E-state index in [2.05, 4.69) is 10.2 Å². The van der Waals surface area contributed by atoms with Crippen LogP contribution in [0.2, 0.25) is 5.15 Å². The van der Waals surface area contributed by atoms with E-state index < -0.39 is 0 Å². The molecule has 2 aromatic rings. The summed E-state index contributed by atoms with van der Waals surface area (Å²) in [4.78, 5) is 14.4. The predicted molar refractivity (Wildman–Crippen MR) is 97.5 cm³/mol. The number of amides is 1. The Hall–Kier alpha value is -2.01. The Morgan fingerprint density at radius 3 is 2.73 bits per heavy atom. The lowest BCUT2D eigenvalue weighted by Crippen LogP contribution is -2.30. The van der Waals surface area contributed by atoms with Gasteiger partial charge in [-0.05, 0) is 66.8 Å². The average Bonchev–Trinajstić information content (AvgIpc) is 3.35. The maximum Gasteiger partial charge on any atom is 0.227 e. The molecule has 1 amide bonds. The van der Waals surface area contributed by atoms with E-state index in [1.807, 2.05) is 23.1 Å². The van der Waals surface area contributed by atoms with Crippen molar-refractivity contribution in [2.75, 3.05) is 13.1 Å². The molecule has 26 heavy (non-hydrogen) atoms. The number of rotatable bonds is 5. The van der Waals surface area contributed by atoms with Crippen LogP contribution in [0.25, 0.3) is 0 Å². The molecule has 4 rings (SSSR count). The molecular weight excluding hydrogens is 353 g/mol. The van der Waals surface area contributed by atoms with E-state index in [0.29, 0.717) is 23.5 Å². The number of likely N-dealkylation sites (tertiary alicyclic amines) is 1. The highest BCUT2D eigenvalue weighted by molar-refractivity contribution is 6.29. The first kappa shape index (κ1) is 17.4. The van der Waals surface area contributed by atoms with Gasteiger partial charge in [-0.3, -0.25) is 4.79 Å². The molecule has 0 spiro atoms. The zero-order chi connectivity index (χ0) is 18.1. The normalized spacial score (nSPS) is 19.8. The van der Waals surface area contributed by atoms with Gasteiger partial charge in [0.25, 0.3) is 0 Å². The van der Waals surface area contributed by atoms with Crippen LogP contribution in [0, 0.1) is 11.7 Å². The van der Waals surface area contributed by atoms with Crippen LogP contribution in [0.1, 0.15) is 42.0 Å². The van der Waals surface area contributed by atoms with Gasteiger partial charge in [0, 0.05) is 13.1 Å². The van der Waals surface area contributed by atoms with Gasteiger partial charge in [-0.25, -0.2) is 4.39 Å². The number of aromatic nitrogens is 2. The summed E-state index contributed by atoms with van der Waals surface area (Å²) in [5.41, 5.74) is 2.45. The Kier molecular flexibility index (Phi) is 4.90. The minimum atomic E-state index is -0.168. The number of halogens is 2. The summed E-state index contributed by atoms with van der Waals surface area (Å²) in [6.07, 6.45) is 4.14. The zero-order valence-electron chi connectivity index (χ0n) is 14.5. The fraction of sp³-hybridized carbons (Fsp3) is 0.450. The van der Waals surface area contributed by atoms with Crippen LogP contribution < -0.4 is 0 Å². The van der Waals surface area contributed by atoms with Gasteiger partial charge in [0.1, 0.15) is 5.82 Å². The fourth-order valence-electron chi connectivity index (χ4n) is 3.67. The van der Waals surface area contributed by atoms with Crippen LogP contribution in [0.4, 0.5) is 4.39 Å². The molecule has 1 saturated heterocycles. The summed E-state index contributed by atoms with van der Waals surface area (Å²) < 4.78 is 14.2. The first-order valence-electron chi connectivity index (χ1n) is 9.12. The molecule has 0 radical (unpaired) electrons. The van der Waals surface area contributed by atoms with E-state index in [9.17, 15) is 9.18 Å². The van der Waals surface area contributed by atoms with Gasteiger partial charge in [-0.15, -0.1) is 5.10 Å². The third-order valence-corrected chi connectivity index (χ3v) is 5.46. The van der Waals surface area contributed by atoms with Crippen LogP contribution in [-0.4, -0.2) is 34.1 Å². The van der Waals surface area contributed by atoms with Crippen LogP contribution in [0.5, 0.6) is 0 Å². The van der Waals surface area contributed by atoms with E-state index >= 15 is 0 Å². The molecular formula is C20H21ClFN3O. The highest BCUT2D eigenvalue weighted by Gasteiger charge is 2.28. The van der Waals surface area contributed by atoms with Crippen LogP contribution >= 0.6 is 11.6 Å². The largest absolute Gasteiger partial charge is 0.342 e. The third kappa shape index (κ3) is 4.04. The molecule has 0 N–H and O–H groups in total. The predicted octanol–water partition coefficient (Wildman–Crippen LogP) is 3.78. The van der Waals surface area contributed by atoms with Crippen molar-refractivity contribution in [1.29, 1.82) is 0 Å². The molecule has 1 unspecified atom stereocenters. The molecule has 1 atom stereocenters. The molecule has 2 heterocycles. The summed E-state index contributed by atoms with van der Waals surface area (Å²) in [5.74, 6) is 0.658. The topological polar surface area (TPSA) is 46.1 Å². The molecule has 1 aromatic heterocycles. The lowest BCUT2D eigenvalue weighted by molar-refractivity contribution is -0.129. The van der Waals surface area contributed by atoms with Crippen LogP contribution in [-0.2, 0) is 17.6 Å². The number of benzene rings is 1. The lowest BCUT2D eigenvalue weighted by atomic mass is 10.0. The molecule has 2 aliphatic rings. The second-order valence-corrected chi connectivity index (χ2v) is 7.74. The average molecular weight is 374 g/mol. The number of hydrogen-bond donors (Lipinski definition) is 0. The number of nitrogens with zero attached hydrogens (tertiary/aromatic N) is 3. The highest BCUT2D eigenvalue weighted by atomic mass is 35.5. The Labute approximate surface area is 157 Å². The smallest absolute Gasteiger partial charge is 0.227 e. The van der Waals surface area contributed by atoms with E-state index in [4.69, 9.17) is 11.6 Å². The van der Waals surface area contributed by atoms with E-state index in [1.54, 1.807) is 6.07 Å². The van der Waals surface area contributed by atoms with E-state index in [1.165, 1.54) is 6.07 Å². The number of hydrogen-bond acceptors (Lipinski definition) is 3.